The summed E-state index contributed by atoms with van der Waals surface area (Å²) in [5, 5.41) is 11.0. The van der Waals surface area contributed by atoms with E-state index in [1.54, 1.807) is 6.07 Å². The minimum Gasteiger partial charge on any atom is -0.507 e. The number of aryl methyl sites for hydroxylation is 1. The van der Waals surface area contributed by atoms with Crippen LogP contribution >= 0.6 is 0 Å². The summed E-state index contributed by atoms with van der Waals surface area (Å²) in [7, 11) is 0. The Bertz CT molecular complexity index is 881. The van der Waals surface area contributed by atoms with Crippen LogP contribution in [0.1, 0.15) is 36.9 Å². The lowest BCUT2D eigenvalue weighted by Crippen LogP contribution is -2.20. The van der Waals surface area contributed by atoms with Crippen LogP contribution in [0, 0.1) is 12.3 Å². The Morgan fingerprint density at radius 2 is 1.70 bits per heavy atom. The third-order valence-electron chi connectivity index (χ3n) is 4.00. The fourth-order valence-corrected chi connectivity index (χ4v) is 2.71. The Hall–Kier alpha value is -2.55. The molecule has 0 radical (unpaired) electrons. The molecule has 0 unspecified atom stereocenters. The zero-order chi connectivity index (χ0) is 16.8. The van der Waals surface area contributed by atoms with Crippen molar-refractivity contribution in [2.75, 3.05) is 0 Å². The second kappa shape index (κ2) is 5.27. The van der Waals surface area contributed by atoms with Gasteiger partial charge in [0.15, 0.2) is 5.76 Å². The average Bonchev–Trinajstić information content (AvgIpc) is 2.83. The molecule has 0 amide bonds. The number of Topliss-reactive ketones (excluding diaryl/α,β-unsaturated/α-hetero) is 1. The van der Waals surface area contributed by atoms with Gasteiger partial charge >= 0.3 is 0 Å². The van der Waals surface area contributed by atoms with Crippen molar-refractivity contribution in [1.82, 2.24) is 0 Å². The molecule has 3 heteroatoms. The van der Waals surface area contributed by atoms with Crippen LogP contribution in [-0.2, 0) is 0 Å². The van der Waals surface area contributed by atoms with Gasteiger partial charge in [-0.1, -0.05) is 51.1 Å². The predicted molar refractivity (Wildman–Crippen MR) is 91.8 cm³/mol. The van der Waals surface area contributed by atoms with Crippen LogP contribution in [0.15, 0.2) is 46.9 Å². The van der Waals surface area contributed by atoms with E-state index in [1.165, 1.54) is 0 Å². The Morgan fingerprint density at radius 1 is 1.04 bits per heavy atom. The van der Waals surface area contributed by atoms with Crippen molar-refractivity contribution >= 4 is 16.8 Å². The monoisotopic (exact) mass is 308 g/mol. The average molecular weight is 308 g/mol. The molecule has 2 aromatic carbocycles. The van der Waals surface area contributed by atoms with Gasteiger partial charge in [0.1, 0.15) is 11.3 Å². The molecule has 0 aliphatic rings. The number of rotatable bonds is 2. The van der Waals surface area contributed by atoms with E-state index >= 15 is 0 Å². The van der Waals surface area contributed by atoms with Gasteiger partial charge in [0.25, 0.3) is 0 Å². The topological polar surface area (TPSA) is 50.4 Å². The maximum absolute atomic E-state index is 12.5. The Labute approximate surface area is 135 Å². The SMILES string of the molecule is Cc1c(C(=O)C(C)(C)C)oc2cc(-c3ccccc3)cc(O)c12. The van der Waals surface area contributed by atoms with Gasteiger partial charge in [-0.15, -0.1) is 0 Å². The normalized spacial score (nSPS) is 11.8. The molecule has 0 bridgehead atoms. The first-order valence-corrected chi connectivity index (χ1v) is 7.65. The highest BCUT2D eigenvalue weighted by molar-refractivity contribution is 6.04. The van der Waals surface area contributed by atoms with Gasteiger partial charge < -0.3 is 9.52 Å². The summed E-state index contributed by atoms with van der Waals surface area (Å²) >= 11 is 0. The van der Waals surface area contributed by atoms with Gasteiger partial charge in [0.05, 0.1) is 5.39 Å². The van der Waals surface area contributed by atoms with Gasteiger partial charge in [-0.3, -0.25) is 4.79 Å². The van der Waals surface area contributed by atoms with Crippen molar-refractivity contribution in [3.63, 3.8) is 0 Å². The minimum atomic E-state index is -0.531. The van der Waals surface area contributed by atoms with E-state index in [9.17, 15) is 9.90 Å². The molecule has 118 valence electrons. The van der Waals surface area contributed by atoms with Gasteiger partial charge in [-0.05, 0) is 30.2 Å². The number of benzene rings is 2. The summed E-state index contributed by atoms with van der Waals surface area (Å²) in [5.41, 5.74) is 2.55. The highest BCUT2D eigenvalue weighted by Gasteiger charge is 2.29. The van der Waals surface area contributed by atoms with E-state index < -0.39 is 5.41 Å². The smallest absolute Gasteiger partial charge is 0.203 e. The first-order valence-electron chi connectivity index (χ1n) is 7.65. The number of aromatic hydroxyl groups is 1. The quantitative estimate of drug-likeness (QED) is 0.650. The largest absolute Gasteiger partial charge is 0.507 e. The maximum Gasteiger partial charge on any atom is 0.203 e. The number of furan rings is 1. The fourth-order valence-electron chi connectivity index (χ4n) is 2.71. The summed E-state index contributed by atoms with van der Waals surface area (Å²) in [4.78, 5) is 12.5. The van der Waals surface area contributed by atoms with Crippen molar-refractivity contribution in [1.29, 1.82) is 0 Å². The summed E-state index contributed by atoms with van der Waals surface area (Å²) in [6, 6.07) is 13.4. The molecule has 0 atom stereocenters. The Balaban J connectivity index is 2.21. The maximum atomic E-state index is 12.5. The molecule has 0 spiro atoms. The third kappa shape index (κ3) is 2.63. The Morgan fingerprint density at radius 3 is 2.30 bits per heavy atom. The van der Waals surface area contributed by atoms with Crippen molar-refractivity contribution < 1.29 is 14.3 Å². The highest BCUT2D eigenvalue weighted by atomic mass is 16.3. The second-order valence-electron chi connectivity index (χ2n) is 6.87. The molecule has 3 nitrogen and oxygen atoms in total. The van der Waals surface area contributed by atoms with Crippen LogP contribution in [-0.4, -0.2) is 10.9 Å². The summed E-state index contributed by atoms with van der Waals surface area (Å²) in [6.45, 7) is 7.39. The lowest BCUT2D eigenvalue weighted by Gasteiger charge is -2.14. The Kier molecular flexibility index (Phi) is 3.52. The number of ketones is 1. The molecule has 3 aromatic rings. The van der Waals surface area contributed by atoms with Gasteiger partial charge in [0, 0.05) is 11.0 Å². The van der Waals surface area contributed by atoms with Crippen molar-refractivity contribution in [3.05, 3.63) is 53.8 Å². The number of hydrogen-bond donors (Lipinski definition) is 1. The molecule has 0 saturated heterocycles. The number of phenolic OH excluding ortho intramolecular Hbond substituents is 1. The number of hydrogen-bond acceptors (Lipinski definition) is 3. The standard InChI is InChI=1S/C20H20O3/c1-12-17-15(21)10-14(13-8-6-5-7-9-13)11-16(17)23-18(12)19(22)20(2,3)4/h5-11,21H,1-4H3. The number of carbonyl (C=O) groups is 1. The first-order chi connectivity index (χ1) is 10.8. The van der Waals surface area contributed by atoms with E-state index in [0.29, 0.717) is 22.3 Å². The molecular weight excluding hydrogens is 288 g/mol. The zero-order valence-electron chi connectivity index (χ0n) is 13.8. The number of phenols is 1. The second-order valence-corrected chi connectivity index (χ2v) is 6.87. The molecule has 1 aromatic heterocycles. The molecule has 1 heterocycles. The van der Waals surface area contributed by atoms with Crippen LogP contribution in [0.25, 0.3) is 22.1 Å². The summed E-state index contributed by atoms with van der Waals surface area (Å²) in [5.74, 6) is 0.399. The number of fused-ring (bicyclic) bond motifs is 1. The van der Waals surface area contributed by atoms with E-state index in [0.717, 1.165) is 11.1 Å². The first kappa shape index (κ1) is 15.3. The molecule has 0 aliphatic carbocycles. The van der Waals surface area contributed by atoms with E-state index in [1.807, 2.05) is 64.1 Å². The third-order valence-corrected chi connectivity index (χ3v) is 4.00. The van der Waals surface area contributed by atoms with Crippen molar-refractivity contribution in [2.24, 2.45) is 5.41 Å². The fraction of sp³-hybridized carbons (Fsp3) is 0.250. The number of carbonyl (C=O) groups excluding carboxylic acids is 1. The van der Waals surface area contributed by atoms with Crippen LogP contribution in [0.3, 0.4) is 0 Å². The van der Waals surface area contributed by atoms with Crippen LogP contribution in [0.5, 0.6) is 5.75 Å². The zero-order valence-corrected chi connectivity index (χ0v) is 13.8. The van der Waals surface area contributed by atoms with Crippen molar-refractivity contribution in [3.8, 4) is 16.9 Å². The van der Waals surface area contributed by atoms with E-state index in [2.05, 4.69) is 0 Å². The molecule has 1 N–H and O–H groups in total. The lowest BCUT2D eigenvalue weighted by molar-refractivity contribution is 0.0830. The van der Waals surface area contributed by atoms with E-state index in [4.69, 9.17) is 4.42 Å². The summed E-state index contributed by atoms with van der Waals surface area (Å²) < 4.78 is 5.82. The predicted octanol–water partition coefficient (Wildman–Crippen LogP) is 5.34. The summed E-state index contributed by atoms with van der Waals surface area (Å²) in [6.07, 6.45) is 0. The molecule has 3 rings (SSSR count). The lowest BCUT2D eigenvalue weighted by atomic mass is 9.88. The van der Waals surface area contributed by atoms with Crippen LogP contribution < -0.4 is 0 Å². The van der Waals surface area contributed by atoms with Crippen LogP contribution in [0.4, 0.5) is 0 Å². The van der Waals surface area contributed by atoms with Crippen molar-refractivity contribution in [2.45, 2.75) is 27.7 Å². The highest BCUT2D eigenvalue weighted by Crippen LogP contribution is 2.38. The molecule has 0 aliphatic heterocycles. The van der Waals surface area contributed by atoms with Gasteiger partial charge in [-0.2, -0.15) is 0 Å². The minimum absolute atomic E-state index is 0.0631. The van der Waals surface area contributed by atoms with E-state index in [-0.39, 0.29) is 11.5 Å². The molecule has 0 fully saturated rings. The van der Waals surface area contributed by atoms with Gasteiger partial charge in [-0.25, -0.2) is 0 Å². The van der Waals surface area contributed by atoms with Crippen LogP contribution in [0.2, 0.25) is 0 Å². The molecule has 0 saturated carbocycles. The molecular formula is C20H20O3. The van der Waals surface area contributed by atoms with Gasteiger partial charge in [0.2, 0.25) is 5.78 Å². The molecule has 23 heavy (non-hydrogen) atoms.